The number of rotatable bonds is 3. The van der Waals surface area contributed by atoms with Crippen molar-refractivity contribution in [1.82, 2.24) is 0 Å². The molecule has 0 fully saturated rings. The molecule has 0 unspecified atom stereocenters. The van der Waals surface area contributed by atoms with Crippen molar-refractivity contribution in [2.75, 3.05) is 0 Å². The minimum Gasteiger partial charge on any atom is -0.426 e. The molecule has 2 rings (SSSR count). The second kappa shape index (κ2) is 5.18. The van der Waals surface area contributed by atoms with Crippen LogP contribution in [-0.2, 0) is 4.79 Å². The maximum atomic E-state index is 12.0. The lowest BCUT2D eigenvalue weighted by Crippen LogP contribution is -2.18. The van der Waals surface area contributed by atoms with Crippen LogP contribution in [-0.4, -0.2) is 17.5 Å². The number of esters is 1. The topological polar surface area (TPSA) is 60.4 Å². The van der Waals surface area contributed by atoms with E-state index < -0.39 is 5.97 Å². The molecule has 1 aliphatic rings. The molecule has 1 aromatic carbocycles. The summed E-state index contributed by atoms with van der Waals surface area (Å²) in [5, 5.41) is 0. The number of benzene rings is 1. The van der Waals surface area contributed by atoms with E-state index in [-0.39, 0.29) is 29.3 Å². The molecular weight excluding hydrogens is 244 g/mol. The summed E-state index contributed by atoms with van der Waals surface area (Å²) in [5.74, 6) is -0.740. The van der Waals surface area contributed by atoms with Gasteiger partial charge in [-0.1, -0.05) is 19.1 Å². The summed E-state index contributed by atoms with van der Waals surface area (Å²) < 4.78 is 5.17. The van der Waals surface area contributed by atoms with E-state index in [1.165, 1.54) is 12.1 Å². The quantitative estimate of drug-likeness (QED) is 0.617. The highest BCUT2D eigenvalue weighted by atomic mass is 16.5. The standard InChI is InChI=1S/C15H14O4/c1-3-5-13(17)19-12-7-4-6-10-14(12)11(16)8-9(2)15(10)18/h4,6-8H,3,5H2,1-2H3. The molecule has 1 aliphatic carbocycles. The lowest BCUT2D eigenvalue weighted by atomic mass is 9.89. The van der Waals surface area contributed by atoms with Gasteiger partial charge in [0.2, 0.25) is 0 Å². The number of carbonyl (C=O) groups excluding carboxylic acids is 3. The van der Waals surface area contributed by atoms with Crippen LogP contribution >= 0.6 is 0 Å². The Bertz CT molecular complexity index is 596. The van der Waals surface area contributed by atoms with Crippen LogP contribution in [0.1, 0.15) is 47.4 Å². The Kier molecular flexibility index (Phi) is 3.60. The van der Waals surface area contributed by atoms with Crippen LogP contribution in [0.25, 0.3) is 0 Å². The largest absolute Gasteiger partial charge is 0.426 e. The van der Waals surface area contributed by atoms with Crippen LogP contribution in [0, 0.1) is 0 Å². The van der Waals surface area contributed by atoms with Gasteiger partial charge >= 0.3 is 5.97 Å². The first-order valence-electron chi connectivity index (χ1n) is 6.15. The first-order chi connectivity index (χ1) is 9.04. The summed E-state index contributed by atoms with van der Waals surface area (Å²) in [5.41, 5.74) is 0.879. The van der Waals surface area contributed by atoms with E-state index in [1.54, 1.807) is 19.1 Å². The Labute approximate surface area is 111 Å². The normalized spacial score (nSPS) is 13.9. The predicted octanol–water partition coefficient (Wildman–Crippen LogP) is 2.72. The van der Waals surface area contributed by atoms with E-state index >= 15 is 0 Å². The summed E-state index contributed by atoms with van der Waals surface area (Å²) in [4.78, 5) is 35.5. The van der Waals surface area contributed by atoms with Crippen molar-refractivity contribution >= 4 is 17.5 Å². The second-order valence-electron chi connectivity index (χ2n) is 4.42. The highest BCUT2D eigenvalue weighted by Crippen LogP contribution is 2.29. The molecule has 0 aliphatic heterocycles. The highest BCUT2D eigenvalue weighted by Gasteiger charge is 2.27. The lowest BCUT2D eigenvalue weighted by Gasteiger charge is -2.15. The number of fused-ring (bicyclic) bond motifs is 1. The molecule has 19 heavy (non-hydrogen) atoms. The number of ketones is 2. The maximum absolute atomic E-state index is 12.0. The van der Waals surface area contributed by atoms with Crippen molar-refractivity contribution in [3.05, 3.63) is 41.0 Å². The molecule has 0 heterocycles. The van der Waals surface area contributed by atoms with Crippen molar-refractivity contribution in [2.24, 2.45) is 0 Å². The van der Waals surface area contributed by atoms with E-state index in [1.807, 2.05) is 6.92 Å². The van der Waals surface area contributed by atoms with E-state index in [0.717, 1.165) is 0 Å². The molecule has 0 amide bonds. The van der Waals surface area contributed by atoms with Crippen molar-refractivity contribution < 1.29 is 19.1 Å². The Morgan fingerprint density at radius 2 is 2.00 bits per heavy atom. The average molecular weight is 258 g/mol. The minimum absolute atomic E-state index is 0.165. The van der Waals surface area contributed by atoms with Crippen molar-refractivity contribution in [1.29, 1.82) is 0 Å². The van der Waals surface area contributed by atoms with E-state index in [4.69, 9.17) is 4.74 Å². The van der Waals surface area contributed by atoms with Crippen LogP contribution < -0.4 is 4.74 Å². The molecule has 0 spiro atoms. The zero-order chi connectivity index (χ0) is 14.0. The molecule has 0 radical (unpaired) electrons. The summed E-state index contributed by atoms with van der Waals surface area (Å²) in [6.45, 7) is 3.46. The number of hydrogen-bond donors (Lipinski definition) is 0. The van der Waals surface area contributed by atoms with Crippen LogP contribution in [0.4, 0.5) is 0 Å². The van der Waals surface area contributed by atoms with Gasteiger partial charge in [-0.2, -0.15) is 0 Å². The van der Waals surface area contributed by atoms with E-state index in [9.17, 15) is 14.4 Å². The third-order valence-corrected chi connectivity index (χ3v) is 2.90. The number of allylic oxidation sites excluding steroid dienone is 2. The van der Waals surface area contributed by atoms with Gasteiger partial charge in [0, 0.05) is 17.6 Å². The molecule has 0 bridgehead atoms. The van der Waals surface area contributed by atoms with E-state index in [0.29, 0.717) is 17.6 Å². The highest BCUT2D eigenvalue weighted by molar-refractivity contribution is 6.25. The van der Waals surface area contributed by atoms with Gasteiger partial charge in [-0.05, 0) is 25.5 Å². The first-order valence-corrected chi connectivity index (χ1v) is 6.15. The van der Waals surface area contributed by atoms with Gasteiger partial charge in [-0.3, -0.25) is 14.4 Å². The van der Waals surface area contributed by atoms with Gasteiger partial charge in [0.15, 0.2) is 11.6 Å². The molecule has 1 aromatic rings. The monoisotopic (exact) mass is 258 g/mol. The zero-order valence-electron chi connectivity index (χ0n) is 10.9. The fourth-order valence-electron chi connectivity index (χ4n) is 1.98. The van der Waals surface area contributed by atoms with Crippen molar-refractivity contribution in [2.45, 2.75) is 26.7 Å². The molecule has 0 aromatic heterocycles. The van der Waals surface area contributed by atoms with Gasteiger partial charge < -0.3 is 4.74 Å². The summed E-state index contributed by atoms with van der Waals surface area (Å²) in [6.07, 6.45) is 2.22. The molecule has 0 atom stereocenters. The number of Topliss-reactive ketones (excluding diaryl/α,β-unsaturated/α-hetero) is 1. The molecule has 0 N–H and O–H groups in total. The lowest BCUT2D eigenvalue weighted by molar-refractivity contribution is -0.134. The van der Waals surface area contributed by atoms with Gasteiger partial charge in [0.25, 0.3) is 0 Å². The van der Waals surface area contributed by atoms with E-state index in [2.05, 4.69) is 0 Å². The zero-order valence-corrected chi connectivity index (χ0v) is 10.9. The second-order valence-corrected chi connectivity index (χ2v) is 4.42. The fraction of sp³-hybridized carbons (Fsp3) is 0.267. The van der Waals surface area contributed by atoms with Gasteiger partial charge in [0.1, 0.15) is 5.75 Å². The number of carbonyl (C=O) groups is 3. The summed E-state index contributed by atoms with van der Waals surface area (Å²) in [7, 11) is 0. The van der Waals surface area contributed by atoms with Gasteiger partial charge in [-0.25, -0.2) is 0 Å². The summed E-state index contributed by atoms with van der Waals surface area (Å²) >= 11 is 0. The Morgan fingerprint density at radius 1 is 1.26 bits per heavy atom. The molecule has 4 nitrogen and oxygen atoms in total. The summed E-state index contributed by atoms with van der Waals surface area (Å²) in [6, 6.07) is 4.71. The molecule has 0 saturated carbocycles. The molecule has 4 heteroatoms. The third-order valence-electron chi connectivity index (χ3n) is 2.90. The van der Waals surface area contributed by atoms with Crippen LogP contribution in [0.2, 0.25) is 0 Å². The van der Waals surface area contributed by atoms with Gasteiger partial charge in [0.05, 0.1) is 5.56 Å². The Hall–Kier alpha value is -2.23. The SMILES string of the molecule is CCCC(=O)Oc1cccc2c1C(=O)C=C(C)C2=O. The minimum atomic E-state index is -0.401. The average Bonchev–Trinajstić information content (AvgIpc) is 2.36. The predicted molar refractivity (Wildman–Crippen MR) is 69.4 cm³/mol. The number of hydrogen-bond acceptors (Lipinski definition) is 4. The van der Waals surface area contributed by atoms with Crippen LogP contribution in [0.5, 0.6) is 5.75 Å². The van der Waals surface area contributed by atoms with Crippen LogP contribution in [0.3, 0.4) is 0 Å². The Morgan fingerprint density at radius 3 is 2.68 bits per heavy atom. The maximum Gasteiger partial charge on any atom is 0.311 e. The van der Waals surface area contributed by atoms with Crippen molar-refractivity contribution in [3.8, 4) is 5.75 Å². The first kappa shape index (κ1) is 13.2. The molecule has 98 valence electrons. The number of ether oxygens (including phenoxy) is 1. The molecule has 0 saturated heterocycles. The Balaban J connectivity index is 2.43. The van der Waals surface area contributed by atoms with Crippen LogP contribution in [0.15, 0.2) is 29.8 Å². The fourth-order valence-corrected chi connectivity index (χ4v) is 1.98. The third kappa shape index (κ3) is 2.47. The van der Waals surface area contributed by atoms with Crippen molar-refractivity contribution in [3.63, 3.8) is 0 Å². The molecular formula is C15H14O4. The smallest absolute Gasteiger partial charge is 0.311 e. The van der Waals surface area contributed by atoms with Gasteiger partial charge in [-0.15, -0.1) is 0 Å².